The molecule has 0 amide bonds. The number of likely N-dealkylation sites (tertiary alicyclic amines) is 1. The number of piperidine rings is 1. The number of thiophene rings is 1. The molecule has 0 saturated carbocycles. The van der Waals surface area contributed by atoms with Gasteiger partial charge in [-0.1, -0.05) is 18.3 Å². The van der Waals surface area contributed by atoms with Gasteiger partial charge in [-0.05, 0) is 38.8 Å². The van der Waals surface area contributed by atoms with Crippen LogP contribution in [0, 0.1) is 11.8 Å². The Morgan fingerprint density at radius 2 is 2.05 bits per heavy atom. The maximum absolute atomic E-state index is 8.72. The van der Waals surface area contributed by atoms with Crippen molar-refractivity contribution in [1.29, 1.82) is 0 Å². The first-order valence-corrected chi connectivity index (χ1v) is 7.96. The van der Waals surface area contributed by atoms with E-state index in [1.165, 1.54) is 24.1 Å². The summed E-state index contributed by atoms with van der Waals surface area (Å²) in [6.07, 6.45) is 4.56. The van der Waals surface area contributed by atoms with Crippen LogP contribution in [0.1, 0.15) is 49.3 Å². The Labute approximate surface area is 120 Å². The minimum absolute atomic E-state index is 0.147. The van der Waals surface area contributed by atoms with Crippen LogP contribution in [0.3, 0.4) is 0 Å². The SMILES string of the molecule is C[C@@H]1CCC[C@H](C)N1Cc1ccc(C#CCCO)s1. The fraction of sp³-hybridized carbons (Fsp3) is 0.625. The highest BCUT2D eigenvalue weighted by atomic mass is 32.1. The van der Waals surface area contributed by atoms with Crippen LogP contribution in [0.4, 0.5) is 0 Å². The first-order valence-electron chi connectivity index (χ1n) is 7.15. The van der Waals surface area contributed by atoms with Crippen molar-refractivity contribution in [2.75, 3.05) is 6.61 Å². The van der Waals surface area contributed by atoms with Crippen LogP contribution in [0.15, 0.2) is 12.1 Å². The summed E-state index contributed by atoms with van der Waals surface area (Å²) in [4.78, 5) is 5.12. The van der Waals surface area contributed by atoms with Crippen molar-refractivity contribution in [3.63, 3.8) is 0 Å². The van der Waals surface area contributed by atoms with E-state index in [0.717, 1.165) is 11.4 Å². The fourth-order valence-electron chi connectivity index (χ4n) is 2.70. The molecular formula is C16H23NOS. The predicted molar refractivity (Wildman–Crippen MR) is 81.2 cm³/mol. The summed E-state index contributed by atoms with van der Waals surface area (Å²) in [6, 6.07) is 5.68. The van der Waals surface area contributed by atoms with Crippen LogP contribution >= 0.6 is 11.3 Å². The van der Waals surface area contributed by atoms with Gasteiger partial charge in [-0.15, -0.1) is 11.3 Å². The lowest BCUT2D eigenvalue weighted by atomic mass is 9.97. The van der Waals surface area contributed by atoms with Gasteiger partial charge in [-0.3, -0.25) is 4.90 Å². The molecule has 104 valence electrons. The van der Waals surface area contributed by atoms with E-state index in [9.17, 15) is 0 Å². The molecule has 2 heterocycles. The molecule has 0 aliphatic carbocycles. The average molecular weight is 277 g/mol. The van der Waals surface area contributed by atoms with Crippen LogP contribution in [0.25, 0.3) is 0 Å². The van der Waals surface area contributed by atoms with Crippen molar-refractivity contribution in [1.82, 2.24) is 4.90 Å². The van der Waals surface area contributed by atoms with E-state index in [-0.39, 0.29) is 6.61 Å². The molecule has 1 N–H and O–H groups in total. The van der Waals surface area contributed by atoms with Crippen LogP contribution < -0.4 is 0 Å². The summed E-state index contributed by atoms with van der Waals surface area (Å²) in [5.74, 6) is 6.10. The Bertz CT molecular complexity index is 447. The molecule has 0 aromatic carbocycles. The molecule has 19 heavy (non-hydrogen) atoms. The third kappa shape index (κ3) is 4.07. The van der Waals surface area contributed by atoms with E-state index in [4.69, 9.17) is 5.11 Å². The van der Waals surface area contributed by atoms with E-state index in [1.807, 2.05) is 0 Å². The first kappa shape index (κ1) is 14.6. The Balaban J connectivity index is 1.97. The molecule has 0 unspecified atom stereocenters. The van der Waals surface area contributed by atoms with Gasteiger partial charge < -0.3 is 5.11 Å². The lowest BCUT2D eigenvalue weighted by Gasteiger charge is -2.38. The van der Waals surface area contributed by atoms with Crippen molar-refractivity contribution >= 4 is 11.3 Å². The molecule has 0 spiro atoms. The first-order chi connectivity index (χ1) is 9.20. The highest BCUT2D eigenvalue weighted by Crippen LogP contribution is 2.26. The van der Waals surface area contributed by atoms with E-state index in [1.54, 1.807) is 11.3 Å². The summed E-state index contributed by atoms with van der Waals surface area (Å²) in [6.45, 7) is 5.87. The summed E-state index contributed by atoms with van der Waals surface area (Å²) in [5, 5.41) is 8.72. The topological polar surface area (TPSA) is 23.5 Å². The zero-order valence-electron chi connectivity index (χ0n) is 11.9. The zero-order valence-corrected chi connectivity index (χ0v) is 12.7. The van der Waals surface area contributed by atoms with Gasteiger partial charge in [0.2, 0.25) is 0 Å². The Morgan fingerprint density at radius 3 is 2.74 bits per heavy atom. The quantitative estimate of drug-likeness (QED) is 0.857. The summed E-state index contributed by atoms with van der Waals surface area (Å²) >= 11 is 1.78. The molecule has 2 nitrogen and oxygen atoms in total. The van der Waals surface area contributed by atoms with Crippen molar-refractivity contribution < 1.29 is 5.11 Å². The van der Waals surface area contributed by atoms with E-state index in [2.05, 4.69) is 42.7 Å². The van der Waals surface area contributed by atoms with Crippen LogP contribution in [0.5, 0.6) is 0 Å². The van der Waals surface area contributed by atoms with Crippen molar-refractivity contribution in [3.8, 4) is 11.8 Å². The molecule has 2 rings (SSSR count). The Kier molecular flexibility index (Phi) is 5.45. The summed E-state index contributed by atoms with van der Waals surface area (Å²) in [7, 11) is 0. The van der Waals surface area contributed by atoms with Gasteiger partial charge >= 0.3 is 0 Å². The van der Waals surface area contributed by atoms with Gasteiger partial charge in [0.25, 0.3) is 0 Å². The molecule has 1 saturated heterocycles. The smallest absolute Gasteiger partial charge is 0.0771 e. The molecule has 0 bridgehead atoms. The predicted octanol–water partition coefficient (Wildman–Crippen LogP) is 3.24. The Hall–Kier alpha value is -0.820. The number of hydrogen-bond acceptors (Lipinski definition) is 3. The molecule has 2 atom stereocenters. The van der Waals surface area contributed by atoms with Gasteiger partial charge in [-0.25, -0.2) is 0 Å². The average Bonchev–Trinajstić information content (AvgIpc) is 2.82. The molecule has 3 heteroatoms. The number of hydrogen-bond donors (Lipinski definition) is 1. The summed E-state index contributed by atoms with van der Waals surface area (Å²) < 4.78 is 0. The molecular weight excluding hydrogens is 254 g/mol. The number of aliphatic hydroxyl groups is 1. The van der Waals surface area contributed by atoms with E-state index >= 15 is 0 Å². The molecule has 1 aromatic rings. The van der Waals surface area contributed by atoms with Gasteiger partial charge in [-0.2, -0.15) is 0 Å². The second-order valence-corrected chi connectivity index (χ2v) is 6.51. The highest BCUT2D eigenvalue weighted by molar-refractivity contribution is 7.12. The lowest BCUT2D eigenvalue weighted by Crippen LogP contribution is -2.42. The zero-order chi connectivity index (χ0) is 13.7. The molecule has 1 fully saturated rings. The molecule has 1 aliphatic rings. The molecule has 1 aliphatic heterocycles. The molecule has 1 aromatic heterocycles. The van der Waals surface area contributed by atoms with Crippen molar-refractivity contribution in [2.24, 2.45) is 0 Å². The number of rotatable bonds is 3. The van der Waals surface area contributed by atoms with Gasteiger partial charge in [0, 0.05) is 29.9 Å². The fourth-order valence-corrected chi connectivity index (χ4v) is 3.59. The van der Waals surface area contributed by atoms with Crippen LogP contribution in [0.2, 0.25) is 0 Å². The lowest BCUT2D eigenvalue weighted by molar-refractivity contribution is 0.0964. The van der Waals surface area contributed by atoms with Gasteiger partial charge in [0.1, 0.15) is 0 Å². The normalized spacial score (nSPS) is 23.9. The summed E-state index contributed by atoms with van der Waals surface area (Å²) in [5.41, 5.74) is 0. The third-order valence-electron chi connectivity index (χ3n) is 3.82. The van der Waals surface area contributed by atoms with E-state index in [0.29, 0.717) is 18.5 Å². The van der Waals surface area contributed by atoms with Gasteiger partial charge in [0.15, 0.2) is 0 Å². The minimum atomic E-state index is 0.147. The number of aliphatic hydroxyl groups excluding tert-OH is 1. The van der Waals surface area contributed by atoms with Gasteiger partial charge in [0.05, 0.1) is 11.5 Å². The van der Waals surface area contributed by atoms with Crippen LogP contribution in [-0.2, 0) is 6.54 Å². The standard InChI is InChI=1S/C16H23NOS/c1-13-6-5-7-14(2)17(13)12-16-10-9-15(19-16)8-3-4-11-18/h9-10,13-14,18H,4-7,11-12H2,1-2H3/t13-,14+. The van der Waals surface area contributed by atoms with Crippen LogP contribution in [-0.4, -0.2) is 28.7 Å². The maximum atomic E-state index is 8.72. The van der Waals surface area contributed by atoms with Crippen molar-refractivity contribution in [3.05, 3.63) is 21.9 Å². The van der Waals surface area contributed by atoms with Crippen molar-refractivity contribution in [2.45, 2.75) is 58.2 Å². The van der Waals surface area contributed by atoms with E-state index < -0.39 is 0 Å². The largest absolute Gasteiger partial charge is 0.395 e. The second kappa shape index (κ2) is 7.09. The maximum Gasteiger partial charge on any atom is 0.0771 e. The molecule has 0 radical (unpaired) electrons. The monoisotopic (exact) mass is 277 g/mol. The number of nitrogens with zero attached hydrogens (tertiary/aromatic N) is 1. The second-order valence-electron chi connectivity index (χ2n) is 5.34. The third-order valence-corrected chi connectivity index (χ3v) is 4.81. The highest BCUT2D eigenvalue weighted by Gasteiger charge is 2.24. The minimum Gasteiger partial charge on any atom is -0.395 e. The Morgan fingerprint density at radius 1 is 1.32 bits per heavy atom.